The Morgan fingerprint density at radius 1 is 1.42 bits per heavy atom. The second kappa shape index (κ2) is 5.89. The molecule has 102 valence electrons. The van der Waals surface area contributed by atoms with Crippen LogP contribution < -0.4 is 5.32 Å². The standard InChI is InChI=1S/C15H21N3O/c1-4-18-12(3)15(10-17-18)11(2)16-9-13-6-5-7-14(19)8-13/h5-8,10-11,16,19H,4,9H2,1-3H3. The maximum Gasteiger partial charge on any atom is 0.115 e. The largest absolute Gasteiger partial charge is 0.508 e. The molecule has 0 fully saturated rings. The number of rotatable bonds is 5. The van der Waals surface area contributed by atoms with Crippen LogP contribution in [0.3, 0.4) is 0 Å². The molecule has 2 N–H and O–H groups in total. The van der Waals surface area contributed by atoms with Gasteiger partial charge in [-0.1, -0.05) is 12.1 Å². The third-order valence-electron chi connectivity index (χ3n) is 3.43. The van der Waals surface area contributed by atoms with Crippen molar-refractivity contribution in [3.8, 4) is 5.75 Å². The van der Waals surface area contributed by atoms with E-state index in [1.54, 1.807) is 12.1 Å². The van der Waals surface area contributed by atoms with Crippen LogP contribution >= 0.6 is 0 Å². The summed E-state index contributed by atoms with van der Waals surface area (Å²) in [5.41, 5.74) is 3.51. The SMILES string of the molecule is CCn1ncc(C(C)NCc2cccc(O)c2)c1C. The first-order valence-electron chi connectivity index (χ1n) is 6.65. The van der Waals surface area contributed by atoms with Gasteiger partial charge < -0.3 is 10.4 Å². The zero-order valence-electron chi connectivity index (χ0n) is 11.7. The van der Waals surface area contributed by atoms with Crippen LogP contribution in [-0.4, -0.2) is 14.9 Å². The van der Waals surface area contributed by atoms with E-state index in [0.29, 0.717) is 5.75 Å². The van der Waals surface area contributed by atoms with E-state index >= 15 is 0 Å². The Morgan fingerprint density at radius 2 is 2.21 bits per heavy atom. The molecule has 0 saturated heterocycles. The molecule has 1 aromatic carbocycles. The number of nitrogens with one attached hydrogen (secondary N) is 1. The van der Waals surface area contributed by atoms with Gasteiger partial charge >= 0.3 is 0 Å². The second-order valence-electron chi connectivity index (χ2n) is 4.77. The molecule has 2 rings (SSSR count). The normalized spacial score (nSPS) is 12.6. The topological polar surface area (TPSA) is 50.1 Å². The van der Waals surface area contributed by atoms with E-state index in [1.165, 1.54) is 11.3 Å². The summed E-state index contributed by atoms with van der Waals surface area (Å²) < 4.78 is 2.00. The number of aryl methyl sites for hydroxylation is 1. The molecule has 0 aliphatic heterocycles. The van der Waals surface area contributed by atoms with Gasteiger partial charge in [-0.25, -0.2) is 0 Å². The molecule has 0 spiro atoms. The molecule has 1 aromatic heterocycles. The van der Waals surface area contributed by atoms with Gasteiger partial charge in [-0.15, -0.1) is 0 Å². The Morgan fingerprint density at radius 3 is 2.84 bits per heavy atom. The Kier molecular flexibility index (Phi) is 4.22. The van der Waals surface area contributed by atoms with Gasteiger partial charge in [0.25, 0.3) is 0 Å². The summed E-state index contributed by atoms with van der Waals surface area (Å²) in [6.45, 7) is 7.94. The van der Waals surface area contributed by atoms with Crippen molar-refractivity contribution in [2.24, 2.45) is 0 Å². The van der Waals surface area contributed by atoms with Gasteiger partial charge in [-0.05, 0) is 38.5 Å². The Bertz CT molecular complexity index is 548. The smallest absolute Gasteiger partial charge is 0.115 e. The molecular formula is C15H21N3O. The number of aromatic nitrogens is 2. The van der Waals surface area contributed by atoms with Crippen molar-refractivity contribution in [3.63, 3.8) is 0 Å². The predicted octanol–water partition coefficient (Wildman–Crippen LogP) is 2.77. The van der Waals surface area contributed by atoms with Crippen LogP contribution in [-0.2, 0) is 13.1 Å². The van der Waals surface area contributed by atoms with Crippen LogP contribution in [0, 0.1) is 6.92 Å². The lowest BCUT2D eigenvalue weighted by Crippen LogP contribution is -2.18. The van der Waals surface area contributed by atoms with Gasteiger partial charge in [-0.2, -0.15) is 5.10 Å². The number of hydrogen-bond donors (Lipinski definition) is 2. The van der Waals surface area contributed by atoms with Crippen LogP contribution in [0.15, 0.2) is 30.5 Å². The molecule has 4 nitrogen and oxygen atoms in total. The highest BCUT2D eigenvalue weighted by molar-refractivity contribution is 5.27. The van der Waals surface area contributed by atoms with Gasteiger partial charge in [0.05, 0.1) is 6.20 Å². The minimum atomic E-state index is 0.239. The summed E-state index contributed by atoms with van der Waals surface area (Å²) in [7, 11) is 0. The first-order chi connectivity index (χ1) is 9.11. The van der Waals surface area contributed by atoms with Crippen molar-refractivity contribution < 1.29 is 5.11 Å². The van der Waals surface area contributed by atoms with E-state index in [-0.39, 0.29) is 6.04 Å². The molecule has 0 amide bonds. The quantitative estimate of drug-likeness (QED) is 0.868. The molecule has 1 atom stereocenters. The van der Waals surface area contributed by atoms with Crippen molar-refractivity contribution >= 4 is 0 Å². The third-order valence-corrected chi connectivity index (χ3v) is 3.43. The minimum Gasteiger partial charge on any atom is -0.508 e. The van der Waals surface area contributed by atoms with Gasteiger partial charge in [-0.3, -0.25) is 4.68 Å². The van der Waals surface area contributed by atoms with Crippen LogP contribution in [0.5, 0.6) is 5.75 Å². The fourth-order valence-corrected chi connectivity index (χ4v) is 2.25. The summed E-state index contributed by atoms with van der Waals surface area (Å²) in [6.07, 6.45) is 1.93. The lowest BCUT2D eigenvalue weighted by Gasteiger charge is -2.14. The lowest BCUT2D eigenvalue weighted by molar-refractivity contribution is 0.473. The molecule has 1 heterocycles. The van der Waals surface area contributed by atoms with Crippen molar-refractivity contribution in [1.82, 2.24) is 15.1 Å². The van der Waals surface area contributed by atoms with Crippen LogP contribution in [0.4, 0.5) is 0 Å². The Labute approximate surface area is 114 Å². The number of hydrogen-bond acceptors (Lipinski definition) is 3. The van der Waals surface area contributed by atoms with Gasteiger partial charge in [0.2, 0.25) is 0 Å². The lowest BCUT2D eigenvalue weighted by atomic mass is 10.1. The van der Waals surface area contributed by atoms with E-state index in [1.807, 2.05) is 23.0 Å². The zero-order chi connectivity index (χ0) is 13.8. The van der Waals surface area contributed by atoms with Crippen molar-refractivity contribution in [1.29, 1.82) is 0 Å². The molecule has 0 radical (unpaired) electrons. The molecule has 4 heteroatoms. The van der Waals surface area contributed by atoms with Gasteiger partial charge in [0.15, 0.2) is 0 Å². The highest BCUT2D eigenvalue weighted by Crippen LogP contribution is 2.18. The maximum atomic E-state index is 9.43. The molecule has 1 unspecified atom stereocenters. The number of aromatic hydroxyl groups is 1. The van der Waals surface area contributed by atoms with E-state index in [4.69, 9.17) is 0 Å². The molecule has 0 bridgehead atoms. The van der Waals surface area contributed by atoms with E-state index < -0.39 is 0 Å². The third kappa shape index (κ3) is 3.15. The average Bonchev–Trinajstić information content (AvgIpc) is 2.77. The number of benzene rings is 1. The van der Waals surface area contributed by atoms with E-state index in [2.05, 4.69) is 31.2 Å². The van der Waals surface area contributed by atoms with E-state index in [0.717, 1.165) is 18.7 Å². The van der Waals surface area contributed by atoms with Crippen LogP contribution in [0.2, 0.25) is 0 Å². The second-order valence-corrected chi connectivity index (χ2v) is 4.77. The van der Waals surface area contributed by atoms with E-state index in [9.17, 15) is 5.11 Å². The Balaban J connectivity index is 2.01. The number of phenolic OH excluding ortho intramolecular Hbond substituents is 1. The monoisotopic (exact) mass is 259 g/mol. The average molecular weight is 259 g/mol. The zero-order valence-corrected chi connectivity index (χ0v) is 11.7. The highest BCUT2D eigenvalue weighted by Gasteiger charge is 2.12. The minimum absolute atomic E-state index is 0.239. The number of nitrogens with zero attached hydrogens (tertiary/aromatic N) is 2. The Hall–Kier alpha value is -1.81. The predicted molar refractivity (Wildman–Crippen MR) is 76.0 cm³/mol. The first kappa shape index (κ1) is 13.6. The first-order valence-corrected chi connectivity index (χ1v) is 6.65. The van der Waals surface area contributed by atoms with Crippen LogP contribution in [0.25, 0.3) is 0 Å². The molecular weight excluding hydrogens is 238 g/mol. The van der Waals surface area contributed by atoms with Crippen molar-refractivity contribution in [3.05, 3.63) is 47.3 Å². The summed E-state index contributed by atoms with van der Waals surface area (Å²) in [4.78, 5) is 0. The molecule has 19 heavy (non-hydrogen) atoms. The van der Waals surface area contributed by atoms with Crippen LogP contribution in [0.1, 0.15) is 36.7 Å². The highest BCUT2D eigenvalue weighted by atomic mass is 16.3. The maximum absolute atomic E-state index is 9.43. The molecule has 2 aromatic rings. The summed E-state index contributed by atoms with van der Waals surface area (Å²) in [5, 5.41) is 17.3. The van der Waals surface area contributed by atoms with Crippen molar-refractivity contribution in [2.45, 2.75) is 39.9 Å². The summed E-state index contributed by atoms with van der Waals surface area (Å²) in [6, 6.07) is 7.56. The van der Waals surface area contributed by atoms with Crippen molar-refractivity contribution in [2.75, 3.05) is 0 Å². The summed E-state index contributed by atoms with van der Waals surface area (Å²) in [5.74, 6) is 0.307. The number of phenols is 1. The fourth-order valence-electron chi connectivity index (χ4n) is 2.25. The molecule has 0 aliphatic rings. The fraction of sp³-hybridized carbons (Fsp3) is 0.400. The summed E-state index contributed by atoms with van der Waals surface area (Å²) >= 11 is 0. The van der Waals surface area contributed by atoms with Gasteiger partial charge in [0, 0.05) is 30.4 Å². The molecule has 0 aliphatic carbocycles. The molecule has 0 saturated carbocycles. The van der Waals surface area contributed by atoms with Gasteiger partial charge in [0.1, 0.15) is 5.75 Å².